The Bertz CT molecular complexity index is 1190. The van der Waals surface area contributed by atoms with E-state index in [-0.39, 0.29) is 16.1 Å². The van der Waals surface area contributed by atoms with Crippen molar-refractivity contribution in [1.82, 2.24) is 15.7 Å². The highest BCUT2D eigenvalue weighted by Gasteiger charge is 2.15. The number of aryl methyl sites for hydroxylation is 1. The number of furan rings is 1. The number of benzene rings is 1. The van der Waals surface area contributed by atoms with Crippen LogP contribution in [0.1, 0.15) is 26.7 Å². The first-order valence-corrected chi connectivity index (χ1v) is 11.0. The van der Waals surface area contributed by atoms with Gasteiger partial charge in [0.1, 0.15) is 11.5 Å². The van der Waals surface area contributed by atoms with Crippen molar-refractivity contribution >= 4 is 80.4 Å². The summed E-state index contributed by atoms with van der Waals surface area (Å²) in [5.74, 6) is 0.289. The van der Waals surface area contributed by atoms with Gasteiger partial charge in [0, 0.05) is 10.6 Å². The third kappa shape index (κ3) is 6.69. The number of hydrogen-bond donors (Lipinski definition) is 4. The molecule has 5 N–H and O–H groups in total. The summed E-state index contributed by atoms with van der Waals surface area (Å²) in [4.78, 5) is 17.5. The van der Waals surface area contributed by atoms with Crippen molar-refractivity contribution in [3.8, 4) is 0 Å². The molecule has 0 fully saturated rings. The Balaban J connectivity index is 1.74. The molecule has 164 valence electrons. The van der Waals surface area contributed by atoms with Crippen LogP contribution < -0.4 is 21.8 Å². The van der Waals surface area contributed by atoms with Crippen LogP contribution in [0.5, 0.6) is 0 Å². The summed E-state index contributed by atoms with van der Waals surface area (Å²) < 4.78 is 5.31. The monoisotopic (exact) mass is 504 g/mol. The number of allylic oxidation sites excluding steroid dienone is 1. The number of rotatable bonds is 6. The second-order valence-corrected chi connectivity index (χ2v) is 8.45. The maximum atomic E-state index is 12.3. The summed E-state index contributed by atoms with van der Waals surface area (Å²) in [5, 5.41) is 10.9. The molecule has 0 radical (unpaired) electrons. The van der Waals surface area contributed by atoms with Crippen LogP contribution in [0.3, 0.4) is 0 Å². The lowest BCUT2D eigenvalue weighted by Gasteiger charge is -2.07. The quantitative estimate of drug-likeness (QED) is 0.225. The number of nitrogens with two attached hydrogens (primary N) is 1. The predicted molar refractivity (Wildman–Crippen MR) is 136 cm³/mol. The number of halogens is 1. The molecule has 1 amide bonds. The molecule has 1 aromatic carbocycles. The first-order chi connectivity index (χ1) is 15.3. The van der Waals surface area contributed by atoms with Crippen molar-refractivity contribution in [2.24, 2.45) is 10.8 Å². The van der Waals surface area contributed by atoms with Crippen LogP contribution in [0.4, 0.5) is 5.13 Å². The van der Waals surface area contributed by atoms with Crippen molar-refractivity contribution in [1.29, 1.82) is 0 Å². The molecule has 32 heavy (non-hydrogen) atoms. The van der Waals surface area contributed by atoms with E-state index >= 15 is 0 Å². The molecular formula is C20H17ClN6O2S3. The van der Waals surface area contributed by atoms with Gasteiger partial charge in [-0.05, 0) is 79.9 Å². The summed E-state index contributed by atoms with van der Waals surface area (Å²) in [7, 11) is 0. The Morgan fingerprint density at radius 2 is 2.03 bits per heavy atom. The summed E-state index contributed by atoms with van der Waals surface area (Å²) in [6, 6.07) is 10.1. The lowest BCUT2D eigenvalue weighted by molar-refractivity contribution is 0.0977. The number of aromatic nitrogens is 1. The highest BCUT2D eigenvalue weighted by molar-refractivity contribution is 7.80. The summed E-state index contributed by atoms with van der Waals surface area (Å²) in [6.07, 6.45) is 5.07. The Morgan fingerprint density at radius 1 is 1.28 bits per heavy atom. The Hall–Kier alpha value is -3.12. The van der Waals surface area contributed by atoms with Crippen molar-refractivity contribution in [3.63, 3.8) is 0 Å². The first-order valence-electron chi connectivity index (χ1n) is 9.02. The van der Waals surface area contributed by atoms with E-state index in [1.165, 1.54) is 11.3 Å². The van der Waals surface area contributed by atoms with Gasteiger partial charge in [0.2, 0.25) is 0 Å². The molecule has 2 aromatic heterocycles. The van der Waals surface area contributed by atoms with Crippen molar-refractivity contribution in [2.45, 2.75) is 6.92 Å². The van der Waals surface area contributed by atoms with Gasteiger partial charge in [0.05, 0.1) is 16.8 Å². The number of nitrogens with zero attached hydrogens (tertiary/aromatic N) is 2. The largest absolute Gasteiger partial charge is 0.465 e. The van der Waals surface area contributed by atoms with Gasteiger partial charge >= 0.3 is 0 Å². The molecule has 0 aliphatic heterocycles. The normalized spacial score (nSPS) is 11.4. The fraction of sp³-hybridized carbons (Fsp3) is 0.0500. The number of amides is 1. The summed E-state index contributed by atoms with van der Waals surface area (Å²) in [5.41, 5.74) is 9.74. The molecular weight excluding hydrogens is 488 g/mol. The second-order valence-electron chi connectivity index (χ2n) is 6.17. The molecule has 8 nitrogen and oxygen atoms in total. The number of thiazole rings is 1. The van der Waals surface area contributed by atoms with Crippen LogP contribution in [-0.2, 0) is 0 Å². The van der Waals surface area contributed by atoms with Gasteiger partial charge in [0.15, 0.2) is 15.4 Å². The molecule has 0 aliphatic rings. The van der Waals surface area contributed by atoms with Gasteiger partial charge < -0.3 is 15.5 Å². The minimum atomic E-state index is -0.364. The molecule has 0 saturated carbocycles. The summed E-state index contributed by atoms with van der Waals surface area (Å²) >= 11 is 17.2. The SMILES string of the molecule is Cc1nc(NC(=S)NC(=O)c2ccc(Cl)cc2)sc1C(C=Cc1ccco1)=NNC(N)=S. The van der Waals surface area contributed by atoms with Gasteiger partial charge in [-0.15, -0.1) is 0 Å². The van der Waals surface area contributed by atoms with E-state index in [1.807, 2.05) is 13.0 Å². The minimum absolute atomic E-state index is 0.0282. The zero-order valence-corrected chi connectivity index (χ0v) is 19.8. The van der Waals surface area contributed by atoms with E-state index in [9.17, 15) is 4.79 Å². The van der Waals surface area contributed by atoms with Gasteiger partial charge in [0.25, 0.3) is 5.91 Å². The fourth-order valence-electron chi connectivity index (χ4n) is 2.42. The Kier molecular flexibility index (Phi) is 8.06. The third-order valence-electron chi connectivity index (χ3n) is 3.82. The molecule has 0 aliphatic carbocycles. The molecule has 2 heterocycles. The number of anilines is 1. The zero-order valence-electron chi connectivity index (χ0n) is 16.6. The molecule has 0 saturated heterocycles. The standard InChI is InChI=1S/C20H17ClN6O2S3/c1-11-16(15(26-27-18(22)30)9-8-14-3-2-10-29-14)32-20(23-11)25-19(31)24-17(28)12-4-6-13(21)7-5-12/h2-10H,1H3,(H3,22,27,30)(H2,23,24,25,28,31). The van der Waals surface area contributed by atoms with E-state index in [0.29, 0.717) is 32.9 Å². The number of carbonyl (C=O) groups is 1. The number of nitrogens with one attached hydrogen (secondary N) is 3. The zero-order chi connectivity index (χ0) is 23.1. The van der Waals surface area contributed by atoms with Crippen molar-refractivity contribution in [3.05, 3.63) is 75.7 Å². The van der Waals surface area contributed by atoms with Crippen LogP contribution in [0, 0.1) is 6.92 Å². The predicted octanol–water partition coefficient (Wildman–Crippen LogP) is 4.08. The van der Waals surface area contributed by atoms with Crippen LogP contribution >= 0.6 is 47.4 Å². The van der Waals surface area contributed by atoms with Crippen LogP contribution in [0.2, 0.25) is 5.02 Å². The number of thiocarbonyl (C=S) groups is 2. The first kappa shape index (κ1) is 23.5. The third-order valence-corrected chi connectivity index (χ3v) is 5.46. The maximum absolute atomic E-state index is 12.3. The Labute approximate surface area is 203 Å². The molecule has 0 bridgehead atoms. The fourth-order valence-corrected chi connectivity index (χ4v) is 3.78. The smallest absolute Gasteiger partial charge is 0.257 e. The number of hydrogen-bond acceptors (Lipinski definition) is 7. The van der Waals surface area contributed by atoms with Gasteiger partial charge in [-0.25, -0.2) is 4.98 Å². The van der Waals surface area contributed by atoms with Crippen LogP contribution in [0.25, 0.3) is 6.08 Å². The van der Waals surface area contributed by atoms with Gasteiger partial charge in [-0.3, -0.25) is 15.5 Å². The lowest BCUT2D eigenvalue weighted by atomic mass is 10.2. The average molecular weight is 505 g/mol. The topological polar surface area (TPSA) is 118 Å². The van der Waals surface area contributed by atoms with Gasteiger partial charge in [-0.2, -0.15) is 5.10 Å². The van der Waals surface area contributed by atoms with Crippen molar-refractivity contribution < 1.29 is 9.21 Å². The maximum Gasteiger partial charge on any atom is 0.257 e. The highest BCUT2D eigenvalue weighted by Crippen LogP contribution is 2.24. The highest BCUT2D eigenvalue weighted by atomic mass is 35.5. The molecule has 0 unspecified atom stereocenters. The molecule has 3 rings (SSSR count). The van der Waals surface area contributed by atoms with E-state index in [2.05, 4.69) is 26.1 Å². The molecule has 0 atom stereocenters. The number of carbonyl (C=O) groups excluding carboxylic acids is 1. The number of hydrazone groups is 1. The molecule has 3 aromatic rings. The van der Waals surface area contributed by atoms with E-state index < -0.39 is 0 Å². The van der Waals surface area contributed by atoms with E-state index in [0.717, 1.165) is 4.88 Å². The van der Waals surface area contributed by atoms with E-state index in [1.54, 1.807) is 48.7 Å². The van der Waals surface area contributed by atoms with E-state index in [4.69, 9.17) is 46.2 Å². The molecule has 0 spiro atoms. The summed E-state index contributed by atoms with van der Waals surface area (Å²) in [6.45, 7) is 1.82. The Morgan fingerprint density at radius 3 is 2.69 bits per heavy atom. The van der Waals surface area contributed by atoms with Gasteiger partial charge in [-0.1, -0.05) is 22.9 Å². The van der Waals surface area contributed by atoms with Crippen molar-refractivity contribution in [2.75, 3.05) is 5.32 Å². The van der Waals surface area contributed by atoms with Crippen LogP contribution in [-0.4, -0.2) is 26.8 Å². The lowest BCUT2D eigenvalue weighted by Crippen LogP contribution is -2.34. The second kappa shape index (κ2) is 11.0. The molecule has 12 heteroatoms. The van der Waals surface area contributed by atoms with Crippen LogP contribution in [0.15, 0.2) is 58.3 Å². The minimum Gasteiger partial charge on any atom is -0.465 e. The average Bonchev–Trinajstić information content (AvgIpc) is 3.38.